The van der Waals surface area contributed by atoms with Gasteiger partial charge in [0.15, 0.2) is 0 Å². The Kier molecular flexibility index (Phi) is 4.18. The number of nitrogens with zero attached hydrogens (tertiary/aromatic N) is 2. The SMILES string of the molecule is NC(=O)c1ccccc1-n1c(O)c(C(=O)c2cccs2)c2ncc(Cl)cc21. The van der Waals surface area contributed by atoms with E-state index in [4.69, 9.17) is 17.3 Å². The Morgan fingerprint density at radius 3 is 2.67 bits per heavy atom. The molecule has 0 saturated heterocycles. The Balaban J connectivity index is 2.08. The average molecular weight is 398 g/mol. The summed E-state index contributed by atoms with van der Waals surface area (Å²) in [5.74, 6) is -1.35. The summed E-state index contributed by atoms with van der Waals surface area (Å²) in [7, 11) is 0. The zero-order valence-electron chi connectivity index (χ0n) is 13.7. The van der Waals surface area contributed by atoms with Crippen LogP contribution >= 0.6 is 22.9 Å². The number of primary amides is 1. The van der Waals surface area contributed by atoms with Gasteiger partial charge in [-0.2, -0.15) is 0 Å². The van der Waals surface area contributed by atoms with Crippen LogP contribution in [0.25, 0.3) is 16.7 Å². The van der Waals surface area contributed by atoms with E-state index in [9.17, 15) is 14.7 Å². The number of hydrogen-bond donors (Lipinski definition) is 2. The molecule has 3 N–H and O–H groups in total. The molecular weight excluding hydrogens is 386 g/mol. The van der Waals surface area contributed by atoms with Gasteiger partial charge >= 0.3 is 0 Å². The van der Waals surface area contributed by atoms with Crippen LogP contribution in [-0.4, -0.2) is 26.3 Å². The number of rotatable bonds is 4. The largest absolute Gasteiger partial charge is 0.494 e. The van der Waals surface area contributed by atoms with Gasteiger partial charge in [0.25, 0.3) is 5.91 Å². The van der Waals surface area contributed by atoms with Gasteiger partial charge in [0.2, 0.25) is 11.7 Å². The fourth-order valence-corrected chi connectivity index (χ4v) is 3.81. The lowest BCUT2D eigenvalue weighted by Crippen LogP contribution is -2.14. The Morgan fingerprint density at radius 1 is 1.19 bits per heavy atom. The summed E-state index contributed by atoms with van der Waals surface area (Å²) in [6.45, 7) is 0. The molecule has 4 rings (SSSR count). The zero-order valence-corrected chi connectivity index (χ0v) is 15.3. The van der Waals surface area contributed by atoms with Crippen molar-refractivity contribution < 1.29 is 14.7 Å². The second-order valence-electron chi connectivity index (χ2n) is 5.74. The summed E-state index contributed by atoms with van der Waals surface area (Å²) in [6, 6.07) is 11.5. The van der Waals surface area contributed by atoms with E-state index in [1.165, 1.54) is 22.1 Å². The number of para-hydroxylation sites is 1. The summed E-state index contributed by atoms with van der Waals surface area (Å²) >= 11 is 7.35. The van der Waals surface area contributed by atoms with E-state index in [1.54, 1.807) is 47.8 Å². The summed E-state index contributed by atoms with van der Waals surface area (Å²) in [6.07, 6.45) is 1.40. The maximum absolute atomic E-state index is 13.0. The molecule has 0 aliphatic heterocycles. The third-order valence-electron chi connectivity index (χ3n) is 4.13. The highest BCUT2D eigenvalue weighted by molar-refractivity contribution is 7.12. The van der Waals surface area contributed by atoms with Gasteiger partial charge in [0, 0.05) is 6.20 Å². The van der Waals surface area contributed by atoms with Crippen molar-refractivity contribution in [3.05, 3.63) is 75.1 Å². The number of carbonyl (C=O) groups is 2. The number of thiophene rings is 1. The van der Waals surface area contributed by atoms with Crippen molar-refractivity contribution in [1.29, 1.82) is 0 Å². The Morgan fingerprint density at radius 2 is 1.96 bits per heavy atom. The molecule has 0 aliphatic carbocycles. The van der Waals surface area contributed by atoms with Crippen molar-refractivity contribution in [2.75, 3.05) is 0 Å². The van der Waals surface area contributed by atoms with E-state index in [-0.39, 0.29) is 28.3 Å². The summed E-state index contributed by atoms with van der Waals surface area (Å²) in [4.78, 5) is 29.5. The van der Waals surface area contributed by atoms with E-state index in [0.717, 1.165) is 0 Å². The molecule has 1 aromatic carbocycles. The van der Waals surface area contributed by atoms with Crippen LogP contribution in [0.1, 0.15) is 25.6 Å². The number of nitrogens with two attached hydrogens (primary N) is 1. The standard InChI is InChI=1S/C19H12ClN3O3S/c20-10-8-13-16(22-9-10)15(17(24)14-6-3-7-27-14)19(26)23(13)12-5-2-1-4-11(12)18(21)25/h1-9,26H,(H2,21,25). The fourth-order valence-electron chi connectivity index (χ4n) is 2.98. The van der Waals surface area contributed by atoms with Crippen LogP contribution < -0.4 is 5.73 Å². The maximum atomic E-state index is 13.0. The first-order valence-electron chi connectivity index (χ1n) is 7.85. The van der Waals surface area contributed by atoms with Crippen molar-refractivity contribution in [1.82, 2.24) is 9.55 Å². The van der Waals surface area contributed by atoms with Crippen molar-refractivity contribution in [3.63, 3.8) is 0 Å². The van der Waals surface area contributed by atoms with E-state index in [0.29, 0.717) is 21.1 Å². The van der Waals surface area contributed by atoms with Crippen LogP contribution in [0.4, 0.5) is 0 Å². The number of pyridine rings is 1. The molecule has 3 heterocycles. The molecule has 1 amide bonds. The number of hydrogen-bond acceptors (Lipinski definition) is 5. The molecule has 0 spiro atoms. The van der Waals surface area contributed by atoms with Crippen molar-refractivity contribution in [3.8, 4) is 11.6 Å². The van der Waals surface area contributed by atoms with Crippen LogP contribution in [-0.2, 0) is 0 Å². The molecule has 4 aromatic rings. The van der Waals surface area contributed by atoms with Crippen LogP contribution in [0.2, 0.25) is 5.02 Å². The number of fused-ring (bicyclic) bond motifs is 1. The predicted molar refractivity (Wildman–Crippen MR) is 104 cm³/mol. The molecule has 0 aliphatic rings. The topological polar surface area (TPSA) is 98.2 Å². The van der Waals surface area contributed by atoms with E-state index < -0.39 is 5.91 Å². The van der Waals surface area contributed by atoms with Gasteiger partial charge in [-0.15, -0.1) is 11.3 Å². The third-order valence-corrected chi connectivity index (χ3v) is 5.21. The number of ketones is 1. The maximum Gasteiger partial charge on any atom is 0.250 e. The molecule has 0 fully saturated rings. The Hall–Kier alpha value is -3.16. The molecule has 0 unspecified atom stereocenters. The molecule has 134 valence electrons. The number of carbonyl (C=O) groups excluding carboxylic acids is 2. The van der Waals surface area contributed by atoms with Crippen molar-refractivity contribution in [2.24, 2.45) is 5.73 Å². The van der Waals surface area contributed by atoms with E-state index in [2.05, 4.69) is 4.98 Å². The van der Waals surface area contributed by atoms with Gasteiger partial charge < -0.3 is 10.8 Å². The van der Waals surface area contributed by atoms with Crippen LogP contribution in [0, 0.1) is 0 Å². The molecule has 3 aromatic heterocycles. The first kappa shape index (κ1) is 17.3. The van der Waals surface area contributed by atoms with Crippen LogP contribution in [0.5, 0.6) is 5.88 Å². The van der Waals surface area contributed by atoms with Crippen LogP contribution in [0.15, 0.2) is 54.0 Å². The number of aromatic nitrogens is 2. The van der Waals surface area contributed by atoms with Crippen molar-refractivity contribution >= 4 is 45.7 Å². The first-order chi connectivity index (χ1) is 13.0. The summed E-state index contributed by atoms with van der Waals surface area (Å²) < 4.78 is 1.37. The highest BCUT2D eigenvalue weighted by Gasteiger charge is 2.27. The minimum atomic E-state index is -0.659. The molecule has 0 bridgehead atoms. The average Bonchev–Trinajstić information content (AvgIpc) is 3.27. The van der Waals surface area contributed by atoms with E-state index in [1.807, 2.05) is 0 Å². The third kappa shape index (κ3) is 2.77. The normalized spacial score (nSPS) is 11.0. The second-order valence-corrected chi connectivity index (χ2v) is 7.13. The number of aromatic hydroxyl groups is 1. The van der Waals surface area contributed by atoms with Gasteiger partial charge in [-0.25, -0.2) is 0 Å². The molecule has 27 heavy (non-hydrogen) atoms. The van der Waals surface area contributed by atoms with Gasteiger partial charge in [0.1, 0.15) is 11.1 Å². The molecule has 0 saturated carbocycles. The minimum Gasteiger partial charge on any atom is -0.494 e. The van der Waals surface area contributed by atoms with Gasteiger partial charge in [0.05, 0.1) is 26.7 Å². The van der Waals surface area contributed by atoms with Crippen LogP contribution in [0.3, 0.4) is 0 Å². The first-order valence-corrected chi connectivity index (χ1v) is 9.11. The molecule has 0 radical (unpaired) electrons. The lowest BCUT2D eigenvalue weighted by Gasteiger charge is -2.11. The molecule has 0 atom stereocenters. The summed E-state index contributed by atoms with van der Waals surface area (Å²) in [5.41, 5.74) is 6.74. The number of benzene rings is 1. The summed E-state index contributed by atoms with van der Waals surface area (Å²) in [5, 5.41) is 13.0. The zero-order chi connectivity index (χ0) is 19.1. The highest BCUT2D eigenvalue weighted by atomic mass is 35.5. The second kappa shape index (κ2) is 6.53. The minimum absolute atomic E-state index is 0.0448. The fraction of sp³-hybridized carbons (Fsp3) is 0. The predicted octanol–water partition coefficient (Wildman–Crippen LogP) is 3.78. The Bertz CT molecular complexity index is 1200. The smallest absolute Gasteiger partial charge is 0.250 e. The molecular formula is C19H12ClN3O3S. The van der Waals surface area contributed by atoms with Gasteiger partial charge in [-0.3, -0.25) is 19.1 Å². The van der Waals surface area contributed by atoms with Gasteiger partial charge in [-0.1, -0.05) is 29.8 Å². The lowest BCUT2D eigenvalue weighted by molar-refractivity contribution is 0.0999. The number of halogens is 1. The highest BCUT2D eigenvalue weighted by Crippen LogP contribution is 2.37. The monoisotopic (exact) mass is 397 g/mol. The van der Waals surface area contributed by atoms with Gasteiger partial charge in [-0.05, 0) is 29.6 Å². The molecule has 8 heteroatoms. The quantitative estimate of drug-likeness (QED) is 0.512. The van der Waals surface area contributed by atoms with Crippen molar-refractivity contribution in [2.45, 2.75) is 0 Å². The van der Waals surface area contributed by atoms with E-state index >= 15 is 0 Å². The lowest BCUT2D eigenvalue weighted by atomic mass is 10.1. The number of amides is 1. The Labute approximate surface area is 162 Å². The molecule has 6 nitrogen and oxygen atoms in total.